The molecule has 1 aromatic heterocycles. The minimum atomic E-state index is 0.918. The fraction of sp³-hybridized carbons (Fsp3) is 0.444. The Hall–Kier alpha value is -1.05. The Morgan fingerprint density at radius 2 is 2.55 bits per heavy atom. The quantitative estimate of drug-likeness (QED) is 0.663. The molecule has 0 atom stereocenters. The summed E-state index contributed by atoms with van der Waals surface area (Å²) in [6, 6.07) is 6.62. The van der Waals surface area contributed by atoms with E-state index in [4.69, 9.17) is 0 Å². The summed E-state index contributed by atoms with van der Waals surface area (Å²) in [5.41, 5.74) is 0. The van der Waals surface area contributed by atoms with Gasteiger partial charge in [0, 0.05) is 12.7 Å². The molecule has 1 N–H and O–H groups in total. The van der Waals surface area contributed by atoms with Crippen LogP contribution in [-0.2, 0) is 0 Å². The zero-order valence-electron chi connectivity index (χ0n) is 6.80. The Bertz CT molecular complexity index is 184. The number of nitrogens with zero attached hydrogens (tertiary/aromatic N) is 1. The molecule has 0 amide bonds. The van der Waals surface area contributed by atoms with Crippen LogP contribution in [0.2, 0.25) is 0 Å². The molecule has 0 aliphatic heterocycles. The number of anilines is 1. The first kappa shape index (κ1) is 8.05. The van der Waals surface area contributed by atoms with Gasteiger partial charge >= 0.3 is 0 Å². The van der Waals surface area contributed by atoms with E-state index in [1.54, 1.807) is 12.3 Å². The van der Waals surface area contributed by atoms with Gasteiger partial charge in [0.1, 0.15) is 5.82 Å². The molecule has 11 heavy (non-hydrogen) atoms. The Labute approximate surface area is 67.7 Å². The van der Waals surface area contributed by atoms with Gasteiger partial charge < -0.3 is 5.32 Å². The Morgan fingerprint density at radius 1 is 1.64 bits per heavy atom. The standard InChI is InChI=1S/C9H13N2/c1-2-3-7-10-9-6-4-5-8-11-9/h5-6,8H,2-3,7H2,1H3,(H,10,11). The maximum atomic E-state index is 4.11. The molecule has 2 heteroatoms. The lowest BCUT2D eigenvalue weighted by atomic mass is 10.3. The summed E-state index contributed by atoms with van der Waals surface area (Å²) in [6.45, 7) is 3.17. The molecule has 1 radical (unpaired) electrons. The molecule has 0 aliphatic rings. The van der Waals surface area contributed by atoms with Gasteiger partial charge in [0.25, 0.3) is 0 Å². The molecule has 1 aromatic rings. The van der Waals surface area contributed by atoms with Gasteiger partial charge in [0.15, 0.2) is 0 Å². The van der Waals surface area contributed by atoms with Crippen molar-refractivity contribution in [2.75, 3.05) is 11.9 Å². The van der Waals surface area contributed by atoms with E-state index in [-0.39, 0.29) is 0 Å². The fourth-order valence-corrected chi connectivity index (χ4v) is 0.815. The highest BCUT2D eigenvalue weighted by Gasteiger charge is 1.88. The van der Waals surface area contributed by atoms with Crippen molar-refractivity contribution in [2.45, 2.75) is 19.8 Å². The van der Waals surface area contributed by atoms with Gasteiger partial charge in [-0.05, 0) is 24.6 Å². The molecule has 59 valence electrons. The number of hydrogen-bond acceptors (Lipinski definition) is 2. The maximum absolute atomic E-state index is 4.11. The molecule has 0 fully saturated rings. The summed E-state index contributed by atoms with van der Waals surface area (Å²) in [5.74, 6) is 0.918. The van der Waals surface area contributed by atoms with Gasteiger partial charge in [-0.15, -0.1) is 0 Å². The third kappa shape index (κ3) is 3.03. The average Bonchev–Trinajstić information content (AvgIpc) is 2.07. The van der Waals surface area contributed by atoms with E-state index in [0.29, 0.717) is 0 Å². The topological polar surface area (TPSA) is 24.9 Å². The Morgan fingerprint density at radius 3 is 3.18 bits per heavy atom. The van der Waals surface area contributed by atoms with Crippen molar-refractivity contribution < 1.29 is 0 Å². The van der Waals surface area contributed by atoms with Crippen LogP contribution in [0.15, 0.2) is 18.3 Å². The lowest BCUT2D eigenvalue weighted by Crippen LogP contribution is -2.01. The van der Waals surface area contributed by atoms with Crippen molar-refractivity contribution in [3.05, 3.63) is 24.4 Å². The van der Waals surface area contributed by atoms with E-state index in [0.717, 1.165) is 12.4 Å². The second-order valence-electron chi connectivity index (χ2n) is 2.42. The zero-order chi connectivity index (χ0) is 7.94. The Kier molecular flexibility index (Phi) is 3.45. The molecular weight excluding hydrogens is 136 g/mol. The minimum absolute atomic E-state index is 0.918. The second kappa shape index (κ2) is 4.72. The van der Waals surface area contributed by atoms with E-state index in [2.05, 4.69) is 23.3 Å². The predicted octanol–water partition coefficient (Wildman–Crippen LogP) is 2.09. The number of pyridine rings is 1. The summed E-state index contributed by atoms with van der Waals surface area (Å²) < 4.78 is 0. The van der Waals surface area contributed by atoms with E-state index < -0.39 is 0 Å². The first-order valence-corrected chi connectivity index (χ1v) is 3.99. The number of nitrogens with one attached hydrogen (secondary N) is 1. The van der Waals surface area contributed by atoms with Gasteiger partial charge in [0.05, 0.1) is 0 Å². The predicted molar refractivity (Wildman–Crippen MR) is 46.5 cm³/mol. The van der Waals surface area contributed by atoms with E-state index in [9.17, 15) is 0 Å². The number of hydrogen-bond donors (Lipinski definition) is 1. The summed E-state index contributed by atoms with van der Waals surface area (Å²) in [4.78, 5) is 4.11. The number of unbranched alkanes of at least 4 members (excludes halogenated alkanes) is 1. The highest BCUT2D eigenvalue weighted by Crippen LogP contribution is 1.99. The van der Waals surface area contributed by atoms with Crippen LogP contribution in [-0.4, -0.2) is 11.5 Å². The van der Waals surface area contributed by atoms with Crippen LogP contribution in [0, 0.1) is 6.07 Å². The molecule has 0 spiro atoms. The van der Waals surface area contributed by atoms with E-state index in [1.807, 2.05) is 6.07 Å². The highest BCUT2D eigenvalue weighted by molar-refractivity contribution is 5.32. The van der Waals surface area contributed by atoms with Crippen molar-refractivity contribution in [1.29, 1.82) is 0 Å². The van der Waals surface area contributed by atoms with Gasteiger partial charge in [0.2, 0.25) is 0 Å². The largest absolute Gasteiger partial charge is 0.370 e. The molecular formula is C9H13N2. The van der Waals surface area contributed by atoms with E-state index >= 15 is 0 Å². The third-order valence-corrected chi connectivity index (χ3v) is 1.44. The highest BCUT2D eigenvalue weighted by atomic mass is 15.0. The lowest BCUT2D eigenvalue weighted by Gasteiger charge is -2.01. The van der Waals surface area contributed by atoms with Crippen molar-refractivity contribution >= 4 is 5.82 Å². The maximum Gasteiger partial charge on any atom is 0.126 e. The van der Waals surface area contributed by atoms with Gasteiger partial charge in [-0.25, -0.2) is 4.98 Å². The first-order valence-electron chi connectivity index (χ1n) is 3.99. The average molecular weight is 149 g/mol. The van der Waals surface area contributed by atoms with Crippen LogP contribution >= 0.6 is 0 Å². The molecule has 0 saturated heterocycles. The van der Waals surface area contributed by atoms with Gasteiger partial charge in [-0.1, -0.05) is 13.3 Å². The van der Waals surface area contributed by atoms with Crippen LogP contribution in [0.5, 0.6) is 0 Å². The van der Waals surface area contributed by atoms with Crippen LogP contribution in [0.4, 0.5) is 5.82 Å². The summed E-state index contributed by atoms with van der Waals surface area (Å²) in [7, 11) is 0. The number of aromatic nitrogens is 1. The zero-order valence-corrected chi connectivity index (χ0v) is 6.80. The monoisotopic (exact) mass is 149 g/mol. The van der Waals surface area contributed by atoms with Crippen molar-refractivity contribution in [1.82, 2.24) is 4.98 Å². The molecule has 2 nitrogen and oxygen atoms in total. The smallest absolute Gasteiger partial charge is 0.126 e. The summed E-state index contributed by atoms with van der Waals surface area (Å²) in [5, 5.41) is 3.20. The molecule has 0 aliphatic carbocycles. The molecule has 1 rings (SSSR count). The van der Waals surface area contributed by atoms with Crippen LogP contribution in [0.1, 0.15) is 19.8 Å². The normalized spacial score (nSPS) is 9.55. The van der Waals surface area contributed by atoms with Gasteiger partial charge in [-0.3, -0.25) is 0 Å². The molecule has 0 aromatic carbocycles. The fourth-order valence-electron chi connectivity index (χ4n) is 0.815. The Balaban J connectivity index is 2.28. The molecule has 1 heterocycles. The molecule has 0 unspecified atom stereocenters. The van der Waals surface area contributed by atoms with Crippen molar-refractivity contribution in [3.8, 4) is 0 Å². The van der Waals surface area contributed by atoms with Crippen molar-refractivity contribution in [2.24, 2.45) is 0 Å². The van der Waals surface area contributed by atoms with Crippen LogP contribution in [0.3, 0.4) is 0 Å². The minimum Gasteiger partial charge on any atom is -0.370 e. The van der Waals surface area contributed by atoms with Crippen LogP contribution < -0.4 is 5.32 Å². The SMILES string of the molecule is CCCCNc1c[c]ccn1. The molecule has 0 bridgehead atoms. The van der Waals surface area contributed by atoms with Crippen LogP contribution in [0.25, 0.3) is 0 Å². The molecule has 0 saturated carbocycles. The van der Waals surface area contributed by atoms with Gasteiger partial charge in [-0.2, -0.15) is 0 Å². The number of rotatable bonds is 4. The van der Waals surface area contributed by atoms with Crippen molar-refractivity contribution in [3.63, 3.8) is 0 Å². The second-order valence-corrected chi connectivity index (χ2v) is 2.42. The lowest BCUT2D eigenvalue weighted by molar-refractivity contribution is 0.831. The summed E-state index contributed by atoms with van der Waals surface area (Å²) in [6.07, 6.45) is 4.15. The summed E-state index contributed by atoms with van der Waals surface area (Å²) >= 11 is 0. The first-order chi connectivity index (χ1) is 5.43. The third-order valence-electron chi connectivity index (χ3n) is 1.44. The van der Waals surface area contributed by atoms with E-state index in [1.165, 1.54) is 12.8 Å².